The summed E-state index contributed by atoms with van der Waals surface area (Å²) in [6, 6.07) is 1.85. The lowest BCUT2D eigenvalue weighted by Gasteiger charge is -2.10. The van der Waals surface area contributed by atoms with Crippen LogP contribution < -0.4 is 11.1 Å². The lowest BCUT2D eigenvalue weighted by Crippen LogP contribution is -2.37. The molecule has 0 aliphatic rings. The van der Waals surface area contributed by atoms with Gasteiger partial charge in [0.25, 0.3) is 0 Å². The smallest absolute Gasteiger partial charge is 0.220 e. The molecule has 0 bridgehead atoms. The van der Waals surface area contributed by atoms with Crippen molar-refractivity contribution in [3.63, 3.8) is 0 Å². The van der Waals surface area contributed by atoms with E-state index in [-0.39, 0.29) is 43.0 Å². The van der Waals surface area contributed by atoms with Crippen LogP contribution in [-0.2, 0) is 4.79 Å². The van der Waals surface area contributed by atoms with Crippen molar-refractivity contribution in [1.82, 2.24) is 5.32 Å². The molecule has 1 heterocycles. The molecule has 0 aliphatic carbocycles. The number of carbonyl (C=O) groups is 2. The van der Waals surface area contributed by atoms with Gasteiger partial charge in [-0.15, -0.1) is 23.7 Å². The highest BCUT2D eigenvalue weighted by atomic mass is 35.5. The summed E-state index contributed by atoms with van der Waals surface area (Å²) in [7, 11) is 0. The first-order valence-electron chi connectivity index (χ1n) is 6.03. The Morgan fingerprint density at radius 2 is 2.00 bits per heavy atom. The predicted octanol–water partition coefficient (Wildman–Crippen LogP) is 2.21. The number of halogens is 1. The van der Waals surface area contributed by atoms with E-state index in [9.17, 15) is 9.59 Å². The number of thiophene rings is 1. The van der Waals surface area contributed by atoms with Gasteiger partial charge < -0.3 is 11.1 Å². The molecule has 108 valence electrons. The molecule has 0 unspecified atom stereocenters. The molecule has 0 saturated heterocycles. The number of aryl methyl sites for hydroxylation is 2. The van der Waals surface area contributed by atoms with E-state index in [2.05, 4.69) is 5.32 Å². The van der Waals surface area contributed by atoms with Crippen LogP contribution in [-0.4, -0.2) is 24.3 Å². The Kier molecular flexibility index (Phi) is 7.90. The normalized spacial score (nSPS) is 11.6. The van der Waals surface area contributed by atoms with Gasteiger partial charge in [-0.05, 0) is 26.8 Å². The number of hydrogen-bond acceptors (Lipinski definition) is 4. The number of amides is 1. The number of nitrogens with one attached hydrogen (secondary N) is 1. The van der Waals surface area contributed by atoms with Crippen LogP contribution in [0.5, 0.6) is 0 Å². The molecule has 0 radical (unpaired) electrons. The van der Waals surface area contributed by atoms with E-state index < -0.39 is 0 Å². The molecule has 1 aromatic heterocycles. The maximum Gasteiger partial charge on any atom is 0.220 e. The fourth-order valence-electron chi connectivity index (χ4n) is 1.68. The van der Waals surface area contributed by atoms with Gasteiger partial charge in [-0.2, -0.15) is 0 Å². The van der Waals surface area contributed by atoms with Crippen molar-refractivity contribution in [3.8, 4) is 0 Å². The van der Waals surface area contributed by atoms with Crippen LogP contribution in [0, 0.1) is 13.8 Å². The quantitative estimate of drug-likeness (QED) is 0.792. The molecule has 0 spiro atoms. The van der Waals surface area contributed by atoms with Gasteiger partial charge in [0.15, 0.2) is 5.78 Å². The Morgan fingerprint density at radius 3 is 2.47 bits per heavy atom. The third-order valence-electron chi connectivity index (χ3n) is 2.68. The fourth-order valence-corrected chi connectivity index (χ4v) is 2.62. The molecule has 0 saturated carbocycles. The van der Waals surface area contributed by atoms with E-state index in [1.807, 2.05) is 26.8 Å². The van der Waals surface area contributed by atoms with E-state index >= 15 is 0 Å². The van der Waals surface area contributed by atoms with Gasteiger partial charge in [-0.1, -0.05) is 0 Å². The molecule has 19 heavy (non-hydrogen) atoms. The zero-order chi connectivity index (χ0) is 13.7. The molecule has 1 aromatic rings. The monoisotopic (exact) mass is 304 g/mol. The molecule has 0 aliphatic heterocycles. The van der Waals surface area contributed by atoms with Gasteiger partial charge in [0.1, 0.15) is 0 Å². The van der Waals surface area contributed by atoms with Gasteiger partial charge in [0, 0.05) is 40.7 Å². The van der Waals surface area contributed by atoms with Gasteiger partial charge >= 0.3 is 0 Å². The van der Waals surface area contributed by atoms with Gasteiger partial charge in [-0.3, -0.25) is 9.59 Å². The van der Waals surface area contributed by atoms with Crippen LogP contribution in [0.4, 0.5) is 0 Å². The highest BCUT2D eigenvalue weighted by molar-refractivity contribution is 7.12. The minimum atomic E-state index is -0.120. The van der Waals surface area contributed by atoms with Crippen molar-refractivity contribution in [2.24, 2.45) is 5.73 Å². The fraction of sp³-hybridized carbons (Fsp3) is 0.538. The van der Waals surface area contributed by atoms with Crippen molar-refractivity contribution in [2.45, 2.75) is 39.7 Å². The number of nitrogens with two attached hydrogens (primary N) is 1. The summed E-state index contributed by atoms with van der Waals surface area (Å²) in [6.45, 7) is 6.15. The summed E-state index contributed by atoms with van der Waals surface area (Å²) in [5, 5.41) is 2.74. The van der Waals surface area contributed by atoms with Crippen molar-refractivity contribution >= 4 is 35.4 Å². The molecular formula is C13H21ClN2O2S. The van der Waals surface area contributed by atoms with E-state index in [1.54, 1.807) is 11.3 Å². The van der Waals surface area contributed by atoms with E-state index in [1.165, 1.54) is 0 Å². The van der Waals surface area contributed by atoms with Crippen molar-refractivity contribution in [2.75, 3.05) is 6.54 Å². The van der Waals surface area contributed by atoms with E-state index in [0.717, 1.165) is 15.3 Å². The highest BCUT2D eigenvalue weighted by Crippen LogP contribution is 2.22. The summed E-state index contributed by atoms with van der Waals surface area (Å²) in [5.74, 6) is -0.0849. The zero-order valence-corrected chi connectivity index (χ0v) is 13.1. The second kappa shape index (κ2) is 8.30. The van der Waals surface area contributed by atoms with Crippen LogP contribution >= 0.6 is 23.7 Å². The van der Waals surface area contributed by atoms with Crippen LogP contribution in [0.1, 0.15) is 39.9 Å². The minimum absolute atomic E-state index is 0. The minimum Gasteiger partial charge on any atom is -0.352 e. The first-order valence-corrected chi connectivity index (χ1v) is 6.85. The molecular weight excluding hydrogens is 284 g/mol. The summed E-state index contributed by atoms with van der Waals surface area (Å²) < 4.78 is 0. The summed E-state index contributed by atoms with van der Waals surface area (Å²) in [6.07, 6.45) is 0.470. The Labute approximate surface area is 124 Å². The van der Waals surface area contributed by atoms with Crippen LogP contribution in [0.2, 0.25) is 0 Å². The molecule has 1 amide bonds. The number of hydrogen-bond donors (Lipinski definition) is 2. The number of rotatable bonds is 6. The summed E-state index contributed by atoms with van der Waals surface area (Å²) >= 11 is 1.61. The van der Waals surface area contributed by atoms with Crippen LogP contribution in [0.15, 0.2) is 6.07 Å². The zero-order valence-electron chi connectivity index (χ0n) is 11.5. The van der Waals surface area contributed by atoms with E-state index in [0.29, 0.717) is 6.54 Å². The van der Waals surface area contributed by atoms with Crippen molar-refractivity contribution < 1.29 is 9.59 Å². The average molecular weight is 305 g/mol. The van der Waals surface area contributed by atoms with Crippen LogP contribution in [0.25, 0.3) is 0 Å². The largest absolute Gasteiger partial charge is 0.352 e. The maximum absolute atomic E-state index is 11.9. The van der Waals surface area contributed by atoms with Crippen LogP contribution in [0.3, 0.4) is 0 Å². The second-order valence-electron chi connectivity index (χ2n) is 4.45. The van der Waals surface area contributed by atoms with Gasteiger partial charge in [0.05, 0.1) is 0 Å². The molecule has 1 rings (SSSR count). The molecule has 3 N–H and O–H groups in total. The van der Waals surface area contributed by atoms with E-state index in [4.69, 9.17) is 5.73 Å². The Morgan fingerprint density at radius 1 is 1.37 bits per heavy atom. The molecule has 4 nitrogen and oxygen atoms in total. The predicted molar refractivity (Wildman–Crippen MR) is 81.3 cm³/mol. The lowest BCUT2D eigenvalue weighted by molar-refractivity contribution is -0.121. The third kappa shape index (κ3) is 5.72. The number of ketones is 1. The molecule has 0 fully saturated rings. The standard InChI is InChI=1S/C13H20N2O2S.ClH/c1-8(7-14)15-13(17)5-4-12(16)11-6-9(2)18-10(11)3;/h6,8H,4-5,7,14H2,1-3H3,(H,15,17);1H/t8-;/m0./s1. The van der Waals surface area contributed by atoms with Gasteiger partial charge in [-0.25, -0.2) is 0 Å². The molecule has 6 heteroatoms. The summed E-state index contributed by atoms with van der Waals surface area (Å²) in [4.78, 5) is 25.6. The van der Waals surface area contributed by atoms with Crippen molar-refractivity contribution in [1.29, 1.82) is 0 Å². The number of carbonyl (C=O) groups excluding carboxylic acids is 2. The average Bonchev–Trinajstić information content (AvgIpc) is 2.65. The Balaban J connectivity index is 0.00000324. The maximum atomic E-state index is 11.9. The SMILES string of the molecule is Cc1cc(C(=O)CCC(=O)N[C@@H](C)CN)c(C)s1.Cl. The first kappa shape index (κ1) is 18.1. The molecule has 1 atom stereocenters. The highest BCUT2D eigenvalue weighted by Gasteiger charge is 2.14. The lowest BCUT2D eigenvalue weighted by atomic mass is 10.1. The Hall–Kier alpha value is -0.910. The second-order valence-corrected chi connectivity index (χ2v) is 5.91. The topological polar surface area (TPSA) is 72.2 Å². The first-order chi connectivity index (χ1) is 8.43. The summed E-state index contributed by atoms with van der Waals surface area (Å²) in [5.41, 5.74) is 6.16. The third-order valence-corrected chi connectivity index (χ3v) is 3.65. The Bertz CT molecular complexity index is 446. The van der Waals surface area contributed by atoms with Gasteiger partial charge in [0.2, 0.25) is 5.91 Å². The molecule has 0 aromatic carbocycles. The number of Topliss-reactive ketones (excluding diaryl/α,β-unsaturated/α-hetero) is 1. The van der Waals surface area contributed by atoms with Crippen molar-refractivity contribution in [3.05, 3.63) is 21.4 Å².